The summed E-state index contributed by atoms with van der Waals surface area (Å²) in [7, 11) is 0. The van der Waals surface area contributed by atoms with E-state index in [1.165, 1.54) is 32.9 Å². The molecule has 0 unspecified atom stereocenters. The predicted molar refractivity (Wildman–Crippen MR) is 108 cm³/mol. The summed E-state index contributed by atoms with van der Waals surface area (Å²) in [6, 6.07) is 25.4. The second-order valence-electron chi connectivity index (χ2n) is 6.62. The summed E-state index contributed by atoms with van der Waals surface area (Å²) in [5.74, 6) is 0. The lowest BCUT2D eigenvalue weighted by Gasteiger charge is -2.07. The van der Waals surface area contributed by atoms with Gasteiger partial charge in [-0.05, 0) is 42.3 Å². The van der Waals surface area contributed by atoms with Crippen LogP contribution in [0.4, 0.5) is 0 Å². The summed E-state index contributed by atoms with van der Waals surface area (Å²) < 4.78 is 5.86. The number of H-pyrrole nitrogens is 1. The largest absolute Gasteiger partial charge is 0.377 e. The van der Waals surface area contributed by atoms with Crippen LogP contribution in [-0.4, -0.2) is 18.1 Å². The molecule has 0 saturated heterocycles. The minimum Gasteiger partial charge on any atom is -0.377 e. The van der Waals surface area contributed by atoms with Gasteiger partial charge in [-0.3, -0.25) is 0 Å². The standard InChI is InChI=1S/C23H24N2O/c1-2-7-18(8-3-1)16-24-13-6-14-26-17-19-11-12-23-21(15-19)20-9-4-5-10-22(20)25-23/h1-5,7-12,15,24-25H,6,13-14,16-17H2. The predicted octanol–water partition coefficient (Wildman–Crippen LogP) is 5.02. The lowest BCUT2D eigenvalue weighted by Crippen LogP contribution is -2.16. The maximum Gasteiger partial charge on any atom is 0.0717 e. The van der Waals surface area contributed by atoms with Crippen LogP contribution in [0.5, 0.6) is 0 Å². The molecule has 0 radical (unpaired) electrons. The number of hydrogen-bond acceptors (Lipinski definition) is 2. The van der Waals surface area contributed by atoms with Gasteiger partial charge in [0.05, 0.1) is 6.61 Å². The number of rotatable bonds is 8. The highest BCUT2D eigenvalue weighted by atomic mass is 16.5. The quantitative estimate of drug-likeness (QED) is 0.441. The molecule has 1 aromatic heterocycles. The molecule has 4 aromatic rings. The monoisotopic (exact) mass is 344 g/mol. The zero-order valence-corrected chi connectivity index (χ0v) is 14.9. The highest BCUT2D eigenvalue weighted by Gasteiger charge is 2.04. The van der Waals surface area contributed by atoms with Gasteiger partial charge < -0.3 is 15.0 Å². The molecule has 0 aliphatic heterocycles. The SMILES string of the molecule is c1ccc(CNCCCOCc2ccc3[nH]c4ccccc4c3c2)cc1. The van der Waals surface area contributed by atoms with Crippen molar-refractivity contribution in [1.29, 1.82) is 0 Å². The Hall–Kier alpha value is -2.62. The van der Waals surface area contributed by atoms with Gasteiger partial charge in [-0.15, -0.1) is 0 Å². The minimum absolute atomic E-state index is 0.661. The van der Waals surface area contributed by atoms with Crippen LogP contribution < -0.4 is 5.32 Å². The Morgan fingerprint density at radius 2 is 1.58 bits per heavy atom. The van der Waals surface area contributed by atoms with Crippen LogP contribution in [0.25, 0.3) is 21.8 Å². The van der Waals surface area contributed by atoms with Crippen LogP contribution in [-0.2, 0) is 17.9 Å². The van der Waals surface area contributed by atoms with Crippen molar-refractivity contribution in [3.05, 3.63) is 83.9 Å². The third kappa shape index (κ3) is 3.96. The number of fused-ring (bicyclic) bond motifs is 3. The minimum atomic E-state index is 0.661. The average Bonchev–Trinajstić information content (AvgIpc) is 3.06. The fourth-order valence-corrected chi connectivity index (χ4v) is 3.30. The van der Waals surface area contributed by atoms with Gasteiger partial charge >= 0.3 is 0 Å². The number of hydrogen-bond donors (Lipinski definition) is 2. The summed E-state index contributed by atoms with van der Waals surface area (Å²) in [6.07, 6.45) is 1.02. The maximum atomic E-state index is 5.86. The van der Waals surface area contributed by atoms with Crippen LogP contribution in [0.3, 0.4) is 0 Å². The lowest BCUT2D eigenvalue weighted by molar-refractivity contribution is 0.118. The van der Waals surface area contributed by atoms with Crippen LogP contribution in [0.15, 0.2) is 72.8 Å². The van der Waals surface area contributed by atoms with E-state index in [1.54, 1.807) is 0 Å². The van der Waals surface area contributed by atoms with E-state index in [1.807, 2.05) is 6.07 Å². The normalized spacial score (nSPS) is 11.4. The second-order valence-corrected chi connectivity index (χ2v) is 6.62. The summed E-state index contributed by atoms with van der Waals surface area (Å²) in [5, 5.41) is 6.00. The van der Waals surface area contributed by atoms with Crippen molar-refractivity contribution < 1.29 is 4.74 Å². The average molecular weight is 344 g/mol. The molecule has 0 spiro atoms. The van der Waals surface area contributed by atoms with Gasteiger partial charge in [0.15, 0.2) is 0 Å². The fraction of sp³-hybridized carbons (Fsp3) is 0.217. The molecule has 3 nitrogen and oxygen atoms in total. The number of para-hydroxylation sites is 1. The molecule has 0 bridgehead atoms. The van der Waals surface area contributed by atoms with Gasteiger partial charge in [-0.2, -0.15) is 0 Å². The third-order valence-corrected chi connectivity index (χ3v) is 4.65. The Morgan fingerprint density at radius 1 is 0.769 bits per heavy atom. The maximum absolute atomic E-state index is 5.86. The molecule has 26 heavy (non-hydrogen) atoms. The topological polar surface area (TPSA) is 37.0 Å². The molecule has 0 aliphatic carbocycles. The van der Waals surface area contributed by atoms with E-state index in [2.05, 4.69) is 77.0 Å². The fourth-order valence-electron chi connectivity index (χ4n) is 3.30. The van der Waals surface area contributed by atoms with Crippen molar-refractivity contribution in [2.24, 2.45) is 0 Å². The molecule has 0 fully saturated rings. The first-order valence-electron chi connectivity index (χ1n) is 9.22. The van der Waals surface area contributed by atoms with Crippen molar-refractivity contribution >= 4 is 21.8 Å². The first-order valence-corrected chi connectivity index (χ1v) is 9.22. The Kier molecular flexibility index (Phi) is 5.29. The van der Waals surface area contributed by atoms with Gasteiger partial charge in [0.25, 0.3) is 0 Å². The van der Waals surface area contributed by atoms with Crippen LogP contribution in [0.1, 0.15) is 17.5 Å². The number of aromatic amines is 1. The number of nitrogens with one attached hydrogen (secondary N) is 2. The molecule has 1 heterocycles. The van der Waals surface area contributed by atoms with Crippen molar-refractivity contribution in [3.63, 3.8) is 0 Å². The van der Waals surface area contributed by atoms with Gasteiger partial charge in [0.1, 0.15) is 0 Å². The molecule has 132 valence electrons. The van der Waals surface area contributed by atoms with E-state index >= 15 is 0 Å². The van der Waals surface area contributed by atoms with E-state index in [0.29, 0.717) is 6.61 Å². The summed E-state index contributed by atoms with van der Waals surface area (Å²) in [4.78, 5) is 3.46. The smallest absolute Gasteiger partial charge is 0.0717 e. The van der Waals surface area contributed by atoms with Crippen LogP contribution in [0, 0.1) is 0 Å². The molecule has 3 heteroatoms. The number of benzene rings is 3. The summed E-state index contributed by atoms with van der Waals surface area (Å²) in [5.41, 5.74) is 4.91. The van der Waals surface area contributed by atoms with Gasteiger partial charge in [0.2, 0.25) is 0 Å². The first-order chi connectivity index (χ1) is 12.9. The van der Waals surface area contributed by atoms with Crippen molar-refractivity contribution in [1.82, 2.24) is 10.3 Å². The molecule has 0 aliphatic rings. The van der Waals surface area contributed by atoms with Gasteiger partial charge in [-0.1, -0.05) is 54.6 Å². The molecule has 2 N–H and O–H groups in total. The Labute approximate surface area is 154 Å². The van der Waals surface area contributed by atoms with E-state index < -0.39 is 0 Å². The number of aromatic nitrogens is 1. The van der Waals surface area contributed by atoms with E-state index in [0.717, 1.165) is 26.1 Å². The van der Waals surface area contributed by atoms with E-state index in [4.69, 9.17) is 4.74 Å². The highest BCUT2D eigenvalue weighted by Crippen LogP contribution is 2.26. The molecule has 0 atom stereocenters. The molecule has 0 saturated carbocycles. The van der Waals surface area contributed by atoms with Crippen LogP contribution >= 0.6 is 0 Å². The first kappa shape index (κ1) is 16.8. The summed E-state index contributed by atoms with van der Waals surface area (Å²) in [6.45, 7) is 3.32. The summed E-state index contributed by atoms with van der Waals surface area (Å²) >= 11 is 0. The molecule has 4 rings (SSSR count). The molecule has 3 aromatic carbocycles. The number of ether oxygens (including phenoxy) is 1. The van der Waals surface area contributed by atoms with Crippen molar-refractivity contribution in [2.45, 2.75) is 19.6 Å². The van der Waals surface area contributed by atoms with Crippen molar-refractivity contribution in [3.8, 4) is 0 Å². The zero-order valence-electron chi connectivity index (χ0n) is 14.9. The Morgan fingerprint density at radius 3 is 2.50 bits per heavy atom. The van der Waals surface area contributed by atoms with E-state index in [9.17, 15) is 0 Å². The second kappa shape index (κ2) is 8.17. The Bertz CT molecular complexity index is 975. The van der Waals surface area contributed by atoms with Gasteiger partial charge in [0, 0.05) is 35.0 Å². The highest BCUT2D eigenvalue weighted by molar-refractivity contribution is 6.07. The van der Waals surface area contributed by atoms with E-state index in [-0.39, 0.29) is 0 Å². The Balaban J connectivity index is 1.24. The van der Waals surface area contributed by atoms with Gasteiger partial charge in [-0.25, -0.2) is 0 Å². The molecular weight excluding hydrogens is 320 g/mol. The zero-order chi connectivity index (χ0) is 17.6. The molecule has 0 amide bonds. The molecular formula is C23H24N2O. The van der Waals surface area contributed by atoms with Crippen LogP contribution in [0.2, 0.25) is 0 Å². The lowest BCUT2D eigenvalue weighted by atomic mass is 10.1. The third-order valence-electron chi connectivity index (χ3n) is 4.65. The van der Waals surface area contributed by atoms with Crippen molar-refractivity contribution in [2.75, 3.05) is 13.2 Å².